The van der Waals surface area contributed by atoms with Crippen molar-refractivity contribution >= 4 is 11.9 Å². The molecule has 0 atom stereocenters. The Hall–Kier alpha value is -1.45. The van der Waals surface area contributed by atoms with E-state index in [0.717, 1.165) is 6.42 Å². The van der Waals surface area contributed by atoms with Gasteiger partial charge >= 0.3 is 0 Å². The Kier molecular flexibility index (Phi) is 2.38. The number of nitrogens with zero attached hydrogens (tertiary/aromatic N) is 2. The average Bonchev–Trinajstić information content (AvgIpc) is 2.30. The molecule has 0 fully saturated rings. The van der Waals surface area contributed by atoms with Gasteiger partial charge in [-0.05, 0) is 6.42 Å². The van der Waals surface area contributed by atoms with Gasteiger partial charge in [-0.25, -0.2) is 0 Å². The first kappa shape index (κ1) is 8.64. The molecule has 1 rings (SSSR count). The van der Waals surface area contributed by atoms with Crippen LogP contribution < -0.4 is 0 Å². The lowest BCUT2D eigenvalue weighted by molar-refractivity contribution is 0.387. The first-order chi connectivity index (χ1) is 5.66. The van der Waals surface area contributed by atoms with Crippen LogP contribution in [0.15, 0.2) is 11.1 Å². The van der Waals surface area contributed by atoms with Crippen LogP contribution in [-0.4, -0.2) is 21.0 Å². The SMILES string of the molecule is CCC=Nc1cc(O)n(C)c1O. The molecule has 1 aromatic rings. The fraction of sp³-hybridized carbons (Fsp3) is 0.375. The number of hydrogen-bond donors (Lipinski definition) is 2. The molecule has 0 aromatic carbocycles. The largest absolute Gasteiger partial charge is 0.494 e. The summed E-state index contributed by atoms with van der Waals surface area (Å²) in [6.07, 6.45) is 2.48. The summed E-state index contributed by atoms with van der Waals surface area (Å²) < 4.78 is 1.27. The first-order valence-corrected chi connectivity index (χ1v) is 3.77. The lowest BCUT2D eigenvalue weighted by Gasteiger charge is -1.94. The summed E-state index contributed by atoms with van der Waals surface area (Å²) in [4.78, 5) is 3.95. The number of rotatable bonds is 2. The maximum atomic E-state index is 9.33. The minimum absolute atomic E-state index is 0.00996. The Morgan fingerprint density at radius 3 is 2.67 bits per heavy atom. The monoisotopic (exact) mass is 168 g/mol. The Balaban J connectivity index is 3.01. The Morgan fingerprint density at radius 1 is 1.58 bits per heavy atom. The molecule has 0 aliphatic carbocycles. The minimum Gasteiger partial charge on any atom is -0.494 e. The van der Waals surface area contributed by atoms with Gasteiger partial charge < -0.3 is 10.2 Å². The molecule has 4 nitrogen and oxygen atoms in total. The van der Waals surface area contributed by atoms with Crippen molar-refractivity contribution in [1.29, 1.82) is 0 Å². The van der Waals surface area contributed by atoms with Crippen molar-refractivity contribution < 1.29 is 10.2 Å². The number of aromatic nitrogens is 1. The Morgan fingerprint density at radius 2 is 2.25 bits per heavy atom. The minimum atomic E-state index is -0.0165. The van der Waals surface area contributed by atoms with Gasteiger partial charge in [0.2, 0.25) is 5.88 Å². The topological polar surface area (TPSA) is 57.8 Å². The van der Waals surface area contributed by atoms with E-state index in [1.165, 1.54) is 10.6 Å². The molecule has 0 unspecified atom stereocenters. The average molecular weight is 168 g/mol. The molecule has 66 valence electrons. The van der Waals surface area contributed by atoms with Crippen LogP contribution in [0.5, 0.6) is 11.8 Å². The van der Waals surface area contributed by atoms with E-state index in [-0.39, 0.29) is 11.8 Å². The van der Waals surface area contributed by atoms with E-state index < -0.39 is 0 Å². The summed E-state index contributed by atoms with van der Waals surface area (Å²) in [6.45, 7) is 1.95. The summed E-state index contributed by atoms with van der Waals surface area (Å²) in [5, 5.41) is 18.5. The molecule has 0 radical (unpaired) electrons. The second-order valence-corrected chi connectivity index (χ2v) is 2.49. The van der Waals surface area contributed by atoms with Crippen LogP contribution in [-0.2, 0) is 7.05 Å². The van der Waals surface area contributed by atoms with Gasteiger partial charge in [0.05, 0.1) is 0 Å². The lowest BCUT2D eigenvalue weighted by Crippen LogP contribution is -1.83. The molecule has 12 heavy (non-hydrogen) atoms. The Bertz CT molecular complexity index is 302. The van der Waals surface area contributed by atoms with Crippen molar-refractivity contribution in [2.75, 3.05) is 0 Å². The predicted octanol–water partition coefficient (Wildman–Crippen LogP) is 1.55. The normalized spacial score (nSPS) is 11.2. The maximum Gasteiger partial charge on any atom is 0.220 e. The molecule has 0 bridgehead atoms. The summed E-state index contributed by atoms with van der Waals surface area (Å²) >= 11 is 0. The van der Waals surface area contributed by atoms with Crippen molar-refractivity contribution in [3.05, 3.63) is 6.07 Å². The van der Waals surface area contributed by atoms with Crippen molar-refractivity contribution in [3.8, 4) is 11.8 Å². The van der Waals surface area contributed by atoms with Gasteiger partial charge in [-0.15, -0.1) is 0 Å². The van der Waals surface area contributed by atoms with Gasteiger partial charge in [0.1, 0.15) is 5.69 Å². The van der Waals surface area contributed by atoms with Gasteiger partial charge in [-0.2, -0.15) is 0 Å². The molecule has 4 heteroatoms. The third-order valence-corrected chi connectivity index (χ3v) is 1.57. The third kappa shape index (κ3) is 1.42. The van der Waals surface area contributed by atoms with Crippen LogP contribution in [0.1, 0.15) is 13.3 Å². The predicted molar refractivity (Wildman–Crippen MR) is 47.2 cm³/mol. The summed E-state index contributed by atoms with van der Waals surface area (Å²) in [7, 11) is 1.57. The van der Waals surface area contributed by atoms with Crippen LogP contribution in [0.4, 0.5) is 5.69 Å². The fourth-order valence-electron chi connectivity index (χ4n) is 0.849. The van der Waals surface area contributed by atoms with Gasteiger partial charge in [-0.1, -0.05) is 6.92 Å². The highest BCUT2D eigenvalue weighted by Crippen LogP contribution is 2.32. The van der Waals surface area contributed by atoms with Crippen LogP contribution in [0.25, 0.3) is 0 Å². The molecule has 0 saturated heterocycles. The van der Waals surface area contributed by atoms with E-state index in [2.05, 4.69) is 4.99 Å². The lowest BCUT2D eigenvalue weighted by atomic mass is 10.5. The van der Waals surface area contributed by atoms with E-state index in [9.17, 15) is 5.11 Å². The van der Waals surface area contributed by atoms with Gasteiger partial charge in [0.25, 0.3) is 0 Å². The second kappa shape index (κ2) is 3.30. The molecule has 2 N–H and O–H groups in total. The molecular weight excluding hydrogens is 156 g/mol. The molecule has 0 saturated carbocycles. The zero-order valence-electron chi connectivity index (χ0n) is 7.15. The zero-order valence-corrected chi connectivity index (χ0v) is 7.15. The maximum absolute atomic E-state index is 9.33. The number of hydrogen-bond acceptors (Lipinski definition) is 3. The second-order valence-electron chi connectivity index (χ2n) is 2.49. The van der Waals surface area contributed by atoms with Crippen molar-refractivity contribution in [2.45, 2.75) is 13.3 Å². The number of aliphatic imine (C=N–C) groups is 1. The van der Waals surface area contributed by atoms with E-state index in [4.69, 9.17) is 5.11 Å². The molecule has 0 amide bonds. The highest BCUT2D eigenvalue weighted by atomic mass is 16.3. The van der Waals surface area contributed by atoms with E-state index in [0.29, 0.717) is 5.69 Å². The molecule has 1 aromatic heterocycles. The summed E-state index contributed by atoms with van der Waals surface area (Å²) in [5.41, 5.74) is 0.400. The fourth-order valence-corrected chi connectivity index (χ4v) is 0.849. The highest BCUT2D eigenvalue weighted by Gasteiger charge is 2.08. The quantitative estimate of drug-likeness (QED) is 0.658. The van der Waals surface area contributed by atoms with E-state index >= 15 is 0 Å². The van der Waals surface area contributed by atoms with E-state index in [1.807, 2.05) is 6.92 Å². The molecule has 1 heterocycles. The molecular formula is C8H12N2O2. The van der Waals surface area contributed by atoms with Crippen LogP contribution >= 0.6 is 0 Å². The zero-order chi connectivity index (χ0) is 9.14. The smallest absolute Gasteiger partial charge is 0.220 e. The van der Waals surface area contributed by atoms with E-state index in [1.54, 1.807) is 13.3 Å². The van der Waals surface area contributed by atoms with Crippen molar-refractivity contribution in [2.24, 2.45) is 12.0 Å². The highest BCUT2D eigenvalue weighted by molar-refractivity contribution is 5.66. The van der Waals surface area contributed by atoms with Crippen LogP contribution in [0.3, 0.4) is 0 Å². The van der Waals surface area contributed by atoms with Crippen molar-refractivity contribution in [3.63, 3.8) is 0 Å². The van der Waals surface area contributed by atoms with Crippen LogP contribution in [0.2, 0.25) is 0 Å². The molecule has 0 aliphatic heterocycles. The van der Waals surface area contributed by atoms with Gasteiger partial charge in [-0.3, -0.25) is 9.56 Å². The summed E-state index contributed by atoms with van der Waals surface area (Å²) in [5.74, 6) is -0.00652. The van der Waals surface area contributed by atoms with Crippen molar-refractivity contribution in [1.82, 2.24) is 4.57 Å². The van der Waals surface area contributed by atoms with Crippen LogP contribution in [0, 0.1) is 0 Å². The first-order valence-electron chi connectivity index (χ1n) is 3.77. The van der Waals surface area contributed by atoms with Gasteiger partial charge in [0, 0.05) is 19.3 Å². The standard InChI is InChI=1S/C8H12N2O2/c1-3-4-9-6-5-7(11)10(2)8(6)12/h4-5,11-12H,3H2,1-2H3. The van der Waals surface area contributed by atoms with Gasteiger partial charge in [0.15, 0.2) is 5.88 Å². The number of aromatic hydroxyl groups is 2. The third-order valence-electron chi connectivity index (χ3n) is 1.57. The summed E-state index contributed by atoms with van der Waals surface area (Å²) in [6, 6.07) is 1.42. The molecule has 0 spiro atoms. The Labute approximate surface area is 70.8 Å². The molecule has 0 aliphatic rings.